The highest BCUT2D eigenvalue weighted by Gasteiger charge is 2.36. The van der Waals surface area contributed by atoms with Gasteiger partial charge < -0.3 is 4.74 Å². The molecule has 0 radical (unpaired) electrons. The molecule has 2 aliphatic heterocycles. The summed E-state index contributed by atoms with van der Waals surface area (Å²) in [7, 11) is 1.66. The zero-order chi connectivity index (χ0) is 15.6. The fourth-order valence-corrected chi connectivity index (χ4v) is 3.86. The number of benzene rings is 1. The lowest BCUT2D eigenvalue weighted by atomic mass is 9.95. The summed E-state index contributed by atoms with van der Waals surface area (Å²) >= 11 is 0. The average Bonchev–Trinajstić information content (AvgIpc) is 2.84. The summed E-state index contributed by atoms with van der Waals surface area (Å²) in [6.07, 6.45) is 8.08. The van der Waals surface area contributed by atoms with Crippen molar-refractivity contribution in [2.75, 3.05) is 7.11 Å². The van der Waals surface area contributed by atoms with Crippen molar-refractivity contribution in [2.45, 2.75) is 37.9 Å². The van der Waals surface area contributed by atoms with E-state index in [0.717, 1.165) is 13.0 Å². The van der Waals surface area contributed by atoms with Gasteiger partial charge in [0, 0.05) is 30.9 Å². The molecule has 1 saturated heterocycles. The van der Waals surface area contributed by atoms with Crippen LogP contribution in [0.5, 0.6) is 5.88 Å². The second kappa shape index (κ2) is 6.17. The van der Waals surface area contributed by atoms with Crippen LogP contribution in [0.25, 0.3) is 5.57 Å². The van der Waals surface area contributed by atoms with E-state index in [9.17, 15) is 0 Å². The number of rotatable bonds is 4. The molecule has 1 aromatic heterocycles. The van der Waals surface area contributed by atoms with E-state index in [1.807, 2.05) is 12.3 Å². The molecule has 23 heavy (non-hydrogen) atoms. The molecule has 3 heteroatoms. The minimum atomic E-state index is 0.561. The van der Waals surface area contributed by atoms with Gasteiger partial charge in [0.15, 0.2) is 0 Å². The lowest BCUT2D eigenvalue weighted by Gasteiger charge is -2.34. The molecule has 2 aliphatic rings. The highest BCUT2D eigenvalue weighted by atomic mass is 16.5. The zero-order valence-corrected chi connectivity index (χ0v) is 13.5. The number of hydrogen-bond donors (Lipinski definition) is 0. The summed E-state index contributed by atoms with van der Waals surface area (Å²) < 4.78 is 5.16. The summed E-state index contributed by atoms with van der Waals surface area (Å²) in [5.74, 6) is 0.679. The maximum Gasteiger partial charge on any atom is 0.212 e. The van der Waals surface area contributed by atoms with Gasteiger partial charge in [-0.2, -0.15) is 0 Å². The van der Waals surface area contributed by atoms with Crippen LogP contribution in [0.3, 0.4) is 0 Å². The molecule has 2 bridgehead atoms. The first-order chi connectivity index (χ1) is 11.3. The SMILES string of the molecule is COc1ccc(C2=CC3CCC(C2)N3Cc2ccccc2)cn1. The molecule has 0 spiro atoms. The number of hydrogen-bond acceptors (Lipinski definition) is 3. The quantitative estimate of drug-likeness (QED) is 0.856. The maximum absolute atomic E-state index is 5.16. The molecule has 1 fully saturated rings. The van der Waals surface area contributed by atoms with Gasteiger partial charge in [-0.15, -0.1) is 0 Å². The van der Waals surface area contributed by atoms with E-state index in [4.69, 9.17) is 4.74 Å². The van der Waals surface area contributed by atoms with Crippen molar-refractivity contribution in [1.29, 1.82) is 0 Å². The third kappa shape index (κ3) is 2.89. The van der Waals surface area contributed by atoms with Crippen molar-refractivity contribution >= 4 is 5.57 Å². The Labute approximate surface area is 137 Å². The maximum atomic E-state index is 5.16. The summed E-state index contributed by atoms with van der Waals surface area (Å²) in [4.78, 5) is 7.02. The molecule has 1 aromatic carbocycles. The van der Waals surface area contributed by atoms with Gasteiger partial charge in [0.1, 0.15) is 0 Å². The van der Waals surface area contributed by atoms with Gasteiger partial charge in [0.25, 0.3) is 0 Å². The topological polar surface area (TPSA) is 25.4 Å². The van der Waals surface area contributed by atoms with Crippen LogP contribution in [-0.2, 0) is 6.54 Å². The van der Waals surface area contributed by atoms with E-state index in [1.165, 1.54) is 29.5 Å². The van der Waals surface area contributed by atoms with Gasteiger partial charge in [0.05, 0.1) is 7.11 Å². The van der Waals surface area contributed by atoms with Crippen LogP contribution in [0, 0.1) is 0 Å². The molecule has 4 rings (SSSR count). The normalized spacial score (nSPS) is 23.6. The van der Waals surface area contributed by atoms with Crippen molar-refractivity contribution in [3.05, 3.63) is 65.9 Å². The highest BCUT2D eigenvalue weighted by Crippen LogP contribution is 2.39. The third-order valence-corrected chi connectivity index (χ3v) is 5.06. The van der Waals surface area contributed by atoms with E-state index in [0.29, 0.717) is 18.0 Å². The molecule has 0 N–H and O–H groups in total. The van der Waals surface area contributed by atoms with Crippen LogP contribution in [0.15, 0.2) is 54.7 Å². The number of fused-ring (bicyclic) bond motifs is 2. The van der Waals surface area contributed by atoms with Gasteiger partial charge in [-0.1, -0.05) is 36.4 Å². The summed E-state index contributed by atoms with van der Waals surface area (Å²) in [6.45, 7) is 1.06. The number of methoxy groups -OCH3 is 1. The molecular weight excluding hydrogens is 284 g/mol. The first-order valence-electron chi connectivity index (χ1n) is 8.34. The minimum Gasteiger partial charge on any atom is -0.481 e. The predicted octanol–water partition coefficient (Wildman–Crippen LogP) is 3.91. The highest BCUT2D eigenvalue weighted by molar-refractivity contribution is 5.67. The monoisotopic (exact) mass is 306 g/mol. The van der Waals surface area contributed by atoms with Gasteiger partial charge in [0.2, 0.25) is 5.88 Å². The number of aromatic nitrogens is 1. The molecule has 2 atom stereocenters. The Bertz CT molecular complexity index is 693. The van der Waals surface area contributed by atoms with E-state index in [2.05, 4.69) is 52.4 Å². The second-order valence-corrected chi connectivity index (χ2v) is 6.44. The van der Waals surface area contributed by atoms with Crippen molar-refractivity contribution in [3.63, 3.8) is 0 Å². The van der Waals surface area contributed by atoms with Gasteiger partial charge in [-0.25, -0.2) is 4.98 Å². The second-order valence-electron chi connectivity index (χ2n) is 6.44. The largest absolute Gasteiger partial charge is 0.481 e. The Hall–Kier alpha value is -2.13. The van der Waals surface area contributed by atoms with Gasteiger partial charge in [-0.05, 0) is 42.0 Å². The number of ether oxygens (including phenoxy) is 1. The minimum absolute atomic E-state index is 0.561. The zero-order valence-electron chi connectivity index (χ0n) is 13.5. The lowest BCUT2D eigenvalue weighted by Crippen LogP contribution is -2.37. The number of nitrogens with zero attached hydrogens (tertiary/aromatic N) is 2. The Morgan fingerprint density at radius 2 is 2.00 bits per heavy atom. The Kier molecular flexibility index (Phi) is 3.88. The number of pyridine rings is 1. The standard InChI is InChI=1S/C20H22N2O/c1-23-20-10-7-16(13-21-20)17-11-18-8-9-19(12-17)22(18)14-15-5-3-2-4-6-15/h2-7,10-11,13,18-19H,8-9,12,14H2,1H3. The Balaban J connectivity index is 1.54. The summed E-state index contributed by atoms with van der Waals surface area (Å²) in [5.41, 5.74) is 4.09. The van der Waals surface area contributed by atoms with Crippen molar-refractivity contribution in [2.24, 2.45) is 0 Å². The van der Waals surface area contributed by atoms with Crippen LogP contribution >= 0.6 is 0 Å². The first-order valence-corrected chi connectivity index (χ1v) is 8.34. The molecule has 3 nitrogen and oxygen atoms in total. The smallest absolute Gasteiger partial charge is 0.212 e. The van der Waals surface area contributed by atoms with Gasteiger partial charge >= 0.3 is 0 Å². The Morgan fingerprint density at radius 1 is 1.13 bits per heavy atom. The molecule has 3 heterocycles. The van der Waals surface area contributed by atoms with Crippen molar-refractivity contribution in [3.8, 4) is 5.88 Å². The van der Waals surface area contributed by atoms with Crippen LogP contribution in [0.1, 0.15) is 30.4 Å². The fraction of sp³-hybridized carbons (Fsp3) is 0.350. The predicted molar refractivity (Wildman–Crippen MR) is 92.2 cm³/mol. The molecule has 2 unspecified atom stereocenters. The Morgan fingerprint density at radius 3 is 2.70 bits per heavy atom. The van der Waals surface area contributed by atoms with E-state index >= 15 is 0 Å². The van der Waals surface area contributed by atoms with Crippen molar-refractivity contribution in [1.82, 2.24) is 9.88 Å². The third-order valence-electron chi connectivity index (χ3n) is 5.06. The molecule has 0 amide bonds. The fourth-order valence-electron chi connectivity index (χ4n) is 3.86. The molecule has 0 saturated carbocycles. The van der Waals surface area contributed by atoms with Gasteiger partial charge in [-0.3, -0.25) is 4.90 Å². The summed E-state index contributed by atoms with van der Waals surface area (Å²) in [5, 5.41) is 0. The van der Waals surface area contributed by atoms with Crippen molar-refractivity contribution < 1.29 is 4.74 Å². The van der Waals surface area contributed by atoms with E-state index in [1.54, 1.807) is 7.11 Å². The van der Waals surface area contributed by atoms with Crippen LogP contribution in [0.2, 0.25) is 0 Å². The molecule has 118 valence electrons. The average molecular weight is 306 g/mol. The van der Waals surface area contributed by atoms with Crippen LogP contribution < -0.4 is 4.74 Å². The van der Waals surface area contributed by atoms with Crippen LogP contribution in [-0.4, -0.2) is 29.1 Å². The lowest BCUT2D eigenvalue weighted by molar-refractivity contribution is 0.203. The van der Waals surface area contributed by atoms with Crippen LogP contribution in [0.4, 0.5) is 0 Å². The molecule has 0 aliphatic carbocycles. The first kappa shape index (κ1) is 14.5. The van der Waals surface area contributed by atoms with E-state index in [-0.39, 0.29) is 0 Å². The van der Waals surface area contributed by atoms with E-state index < -0.39 is 0 Å². The molecular formula is C20H22N2O. The molecule has 2 aromatic rings. The summed E-state index contributed by atoms with van der Waals surface area (Å²) in [6, 6.07) is 16.1.